The first-order valence-corrected chi connectivity index (χ1v) is 6.16. The lowest BCUT2D eigenvalue weighted by Gasteiger charge is -2.25. The van der Waals surface area contributed by atoms with Crippen molar-refractivity contribution in [2.24, 2.45) is 11.8 Å². The fourth-order valence-electron chi connectivity index (χ4n) is 3.10. The van der Waals surface area contributed by atoms with Gasteiger partial charge in [0.25, 0.3) is 0 Å². The fourth-order valence-corrected chi connectivity index (χ4v) is 3.10. The molecule has 3 atom stereocenters. The largest absolute Gasteiger partial charge is 0.353 e. The monoisotopic (exact) mass is 217 g/mol. The lowest BCUT2D eigenvalue weighted by atomic mass is 9.95. The van der Waals surface area contributed by atoms with Crippen molar-refractivity contribution in [3.8, 4) is 0 Å². The number of aromatic nitrogens is 1. The molecule has 1 N–H and O–H groups in total. The van der Waals surface area contributed by atoms with Crippen LogP contribution in [0.25, 0.3) is 0 Å². The first-order valence-electron chi connectivity index (χ1n) is 6.16. The van der Waals surface area contributed by atoms with Crippen LogP contribution in [0.15, 0.2) is 18.3 Å². The number of hydrogen-bond donors (Lipinski definition) is 1. The quantitative estimate of drug-likeness (QED) is 0.771. The van der Waals surface area contributed by atoms with E-state index < -0.39 is 0 Å². The van der Waals surface area contributed by atoms with Gasteiger partial charge in [0, 0.05) is 31.9 Å². The highest BCUT2D eigenvalue weighted by molar-refractivity contribution is 5.42. The molecular weight excluding hydrogens is 198 g/mol. The Kier molecular flexibility index (Phi) is 2.36. The SMILES string of the molecule is Cc1ccc(N2CC3CNCC3C2C)nc1. The minimum absolute atomic E-state index is 0.621. The van der Waals surface area contributed by atoms with E-state index in [9.17, 15) is 0 Å². The summed E-state index contributed by atoms with van der Waals surface area (Å²) in [5, 5.41) is 3.49. The summed E-state index contributed by atoms with van der Waals surface area (Å²) in [6.07, 6.45) is 1.97. The third-order valence-electron chi connectivity index (χ3n) is 4.12. The number of hydrogen-bond acceptors (Lipinski definition) is 3. The number of rotatable bonds is 1. The highest BCUT2D eigenvalue weighted by atomic mass is 15.3. The molecular formula is C13H19N3. The van der Waals surface area contributed by atoms with Crippen molar-refractivity contribution in [1.29, 1.82) is 0 Å². The van der Waals surface area contributed by atoms with E-state index in [2.05, 4.69) is 41.2 Å². The molecule has 3 rings (SSSR count). The molecule has 2 saturated heterocycles. The van der Waals surface area contributed by atoms with Crippen LogP contribution in [-0.2, 0) is 0 Å². The van der Waals surface area contributed by atoms with Gasteiger partial charge in [-0.3, -0.25) is 0 Å². The van der Waals surface area contributed by atoms with Crippen LogP contribution in [-0.4, -0.2) is 30.7 Å². The van der Waals surface area contributed by atoms with Gasteiger partial charge in [-0.25, -0.2) is 4.98 Å². The molecule has 0 aromatic carbocycles. The summed E-state index contributed by atoms with van der Waals surface area (Å²) in [4.78, 5) is 7.01. The summed E-state index contributed by atoms with van der Waals surface area (Å²) in [5.41, 5.74) is 1.23. The van der Waals surface area contributed by atoms with E-state index >= 15 is 0 Å². The first kappa shape index (κ1) is 10.1. The van der Waals surface area contributed by atoms with Gasteiger partial charge in [0.1, 0.15) is 5.82 Å². The number of fused-ring (bicyclic) bond motifs is 1. The second kappa shape index (κ2) is 3.74. The van der Waals surface area contributed by atoms with Crippen LogP contribution in [0.3, 0.4) is 0 Å². The minimum atomic E-state index is 0.621. The maximum Gasteiger partial charge on any atom is 0.128 e. The molecule has 0 aliphatic carbocycles. The Morgan fingerprint density at radius 2 is 2.25 bits per heavy atom. The molecule has 86 valence electrons. The molecule has 1 aromatic heterocycles. The van der Waals surface area contributed by atoms with Gasteiger partial charge in [-0.2, -0.15) is 0 Å². The zero-order valence-electron chi connectivity index (χ0n) is 9.98. The molecule has 0 saturated carbocycles. The Balaban J connectivity index is 1.83. The Labute approximate surface area is 96.9 Å². The number of anilines is 1. The second-order valence-corrected chi connectivity index (χ2v) is 5.17. The van der Waals surface area contributed by atoms with Crippen LogP contribution >= 0.6 is 0 Å². The van der Waals surface area contributed by atoms with Crippen LogP contribution < -0.4 is 10.2 Å². The molecule has 3 heterocycles. The van der Waals surface area contributed by atoms with Crippen molar-refractivity contribution >= 4 is 5.82 Å². The van der Waals surface area contributed by atoms with Gasteiger partial charge < -0.3 is 10.2 Å². The molecule has 2 fully saturated rings. The molecule has 2 aliphatic heterocycles. The predicted molar refractivity (Wildman–Crippen MR) is 65.6 cm³/mol. The van der Waals surface area contributed by atoms with Gasteiger partial charge in [-0.05, 0) is 37.3 Å². The average Bonchev–Trinajstić information content (AvgIpc) is 2.84. The molecule has 0 spiro atoms. The smallest absolute Gasteiger partial charge is 0.128 e. The maximum atomic E-state index is 4.54. The average molecular weight is 217 g/mol. The van der Waals surface area contributed by atoms with E-state index in [1.165, 1.54) is 18.7 Å². The molecule has 0 bridgehead atoms. The summed E-state index contributed by atoms with van der Waals surface area (Å²) in [6, 6.07) is 4.93. The van der Waals surface area contributed by atoms with Crippen molar-refractivity contribution in [3.05, 3.63) is 23.9 Å². The highest BCUT2D eigenvalue weighted by Crippen LogP contribution is 2.34. The Morgan fingerprint density at radius 3 is 2.94 bits per heavy atom. The van der Waals surface area contributed by atoms with Gasteiger partial charge >= 0.3 is 0 Å². The third kappa shape index (κ3) is 1.50. The van der Waals surface area contributed by atoms with Crippen LogP contribution in [0.4, 0.5) is 5.82 Å². The highest BCUT2D eigenvalue weighted by Gasteiger charge is 2.42. The van der Waals surface area contributed by atoms with Gasteiger partial charge in [0.05, 0.1) is 0 Å². The van der Waals surface area contributed by atoms with Crippen molar-refractivity contribution in [3.63, 3.8) is 0 Å². The van der Waals surface area contributed by atoms with Crippen LogP contribution in [0, 0.1) is 18.8 Å². The summed E-state index contributed by atoms with van der Waals surface area (Å²) < 4.78 is 0. The molecule has 0 amide bonds. The number of aryl methyl sites for hydroxylation is 1. The Morgan fingerprint density at radius 1 is 1.38 bits per heavy atom. The van der Waals surface area contributed by atoms with Gasteiger partial charge in [-0.1, -0.05) is 6.07 Å². The van der Waals surface area contributed by atoms with Crippen LogP contribution in [0.5, 0.6) is 0 Å². The van der Waals surface area contributed by atoms with Gasteiger partial charge in [0.2, 0.25) is 0 Å². The summed E-state index contributed by atoms with van der Waals surface area (Å²) >= 11 is 0. The molecule has 3 unspecified atom stereocenters. The van der Waals surface area contributed by atoms with E-state index in [0.29, 0.717) is 6.04 Å². The standard InChI is InChI=1S/C13H19N3/c1-9-3-4-13(15-5-9)16-8-11-6-14-7-12(11)10(16)2/h3-5,10-12,14H,6-8H2,1-2H3. The number of pyridine rings is 1. The van der Waals surface area contributed by atoms with E-state index in [0.717, 1.165) is 24.2 Å². The summed E-state index contributed by atoms with van der Waals surface area (Å²) in [6.45, 7) is 7.93. The molecule has 16 heavy (non-hydrogen) atoms. The van der Waals surface area contributed by atoms with E-state index in [4.69, 9.17) is 0 Å². The van der Waals surface area contributed by atoms with Crippen molar-refractivity contribution in [2.45, 2.75) is 19.9 Å². The van der Waals surface area contributed by atoms with Crippen LogP contribution in [0.2, 0.25) is 0 Å². The normalized spacial score (nSPS) is 33.1. The molecule has 3 heteroatoms. The minimum Gasteiger partial charge on any atom is -0.353 e. The molecule has 2 aliphatic rings. The Hall–Kier alpha value is -1.09. The molecule has 1 aromatic rings. The maximum absolute atomic E-state index is 4.54. The Bertz CT molecular complexity index is 373. The topological polar surface area (TPSA) is 28.2 Å². The first-order chi connectivity index (χ1) is 7.75. The number of nitrogens with zero attached hydrogens (tertiary/aromatic N) is 2. The van der Waals surface area contributed by atoms with Crippen molar-refractivity contribution in [1.82, 2.24) is 10.3 Å². The number of nitrogens with one attached hydrogen (secondary N) is 1. The third-order valence-corrected chi connectivity index (χ3v) is 4.12. The van der Waals surface area contributed by atoms with E-state index in [1.807, 2.05) is 6.20 Å². The van der Waals surface area contributed by atoms with Gasteiger partial charge in [-0.15, -0.1) is 0 Å². The second-order valence-electron chi connectivity index (χ2n) is 5.17. The molecule has 3 nitrogen and oxygen atoms in total. The van der Waals surface area contributed by atoms with E-state index in [-0.39, 0.29) is 0 Å². The predicted octanol–water partition coefficient (Wildman–Crippen LogP) is 1.43. The lowest BCUT2D eigenvalue weighted by Crippen LogP contribution is -2.33. The zero-order chi connectivity index (χ0) is 11.1. The van der Waals surface area contributed by atoms with Gasteiger partial charge in [0.15, 0.2) is 0 Å². The lowest BCUT2D eigenvalue weighted by molar-refractivity contribution is 0.471. The van der Waals surface area contributed by atoms with Crippen molar-refractivity contribution < 1.29 is 0 Å². The summed E-state index contributed by atoms with van der Waals surface area (Å²) in [5.74, 6) is 2.77. The zero-order valence-corrected chi connectivity index (χ0v) is 9.98. The fraction of sp³-hybridized carbons (Fsp3) is 0.615. The summed E-state index contributed by atoms with van der Waals surface area (Å²) in [7, 11) is 0. The molecule has 0 radical (unpaired) electrons. The van der Waals surface area contributed by atoms with Crippen LogP contribution in [0.1, 0.15) is 12.5 Å². The van der Waals surface area contributed by atoms with Crippen molar-refractivity contribution in [2.75, 3.05) is 24.5 Å². The van der Waals surface area contributed by atoms with E-state index in [1.54, 1.807) is 0 Å².